The third kappa shape index (κ3) is 7.50. The van der Waals surface area contributed by atoms with Crippen molar-refractivity contribution in [2.24, 2.45) is 0 Å². The number of rotatable bonds is 9. The van der Waals surface area contributed by atoms with E-state index in [2.05, 4.69) is 21.2 Å². The number of amides is 1. The minimum Gasteiger partial charge on any atom is -0.479 e. The van der Waals surface area contributed by atoms with E-state index in [-0.39, 0.29) is 12.5 Å². The first-order valence-electron chi connectivity index (χ1n) is 6.43. The second-order valence-electron chi connectivity index (χ2n) is 4.27. The van der Waals surface area contributed by atoms with Crippen LogP contribution in [-0.4, -0.2) is 42.5 Å². The van der Waals surface area contributed by atoms with Gasteiger partial charge >= 0.3 is 5.97 Å². The highest BCUT2D eigenvalue weighted by Gasteiger charge is 2.16. The van der Waals surface area contributed by atoms with Gasteiger partial charge < -0.3 is 15.2 Å². The van der Waals surface area contributed by atoms with Gasteiger partial charge in [0.1, 0.15) is 0 Å². The van der Waals surface area contributed by atoms with Crippen molar-refractivity contribution in [3.05, 3.63) is 28.7 Å². The molecule has 0 saturated carbocycles. The molecule has 2 N–H and O–H groups in total. The first kappa shape index (κ1) is 18.0. The van der Waals surface area contributed by atoms with Crippen molar-refractivity contribution >= 4 is 39.6 Å². The highest BCUT2D eigenvalue weighted by Crippen LogP contribution is 2.21. The van der Waals surface area contributed by atoms with E-state index in [4.69, 9.17) is 9.84 Å². The Morgan fingerprint density at radius 2 is 2.05 bits per heavy atom. The second kappa shape index (κ2) is 9.81. The molecule has 0 radical (unpaired) electrons. The molecule has 1 aromatic carbocycles. The van der Waals surface area contributed by atoms with E-state index in [1.165, 1.54) is 7.11 Å². The van der Waals surface area contributed by atoms with Crippen molar-refractivity contribution in [3.8, 4) is 0 Å². The molecular formula is C14H18BrNO4S. The van der Waals surface area contributed by atoms with Gasteiger partial charge in [-0.1, -0.05) is 15.9 Å². The van der Waals surface area contributed by atoms with Crippen LogP contribution in [0.15, 0.2) is 33.6 Å². The Kier molecular flexibility index (Phi) is 8.41. The summed E-state index contributed by atoms with van der Waals surface area (Å²) in [7, 11) is 1.31. The summed E-state index contributed by atoms with van der Waals surface area (Å²) in [5.74, 6) is -0.403. The van der Waals surface area contributed by atoms with Crippen LogP contribution >= 0.6 is 27.7 Å². The summed E-state index contributed by atoms with van der Waals surface area (Å²) in [4.78, 5) is 23.4. The van der Waals surface area contributed by atoms with Crippen molar-refractivity contribution in [1.82, 2.24) is 5.32 Å². The van der Waals surface area contributed by atoms with Gasteiger partial charge in [-0.3, -0.25) is 4.79 Å². The number of thioether (sulfide) groups is 1. The van der Waals surface area contributed by atoms with Gasteiger partial charge in [0.05, 0.1) is 6.54 Å². The van der Waals surface area contributed by atoms with E-state index in [9.17, 15) is 9.59 Å². The molecule has 21 heavy (non-hydrogen) atoms. The van der Waals surface area contributed by atoms with Gasteiger partial charge in [-0.05, 0) is 36.4 Å². The molecule has 0 spiro atoms. The van der Waals surface area contributed by atoms with Crippen LogP contribution in [0.4, 0.5) is 0 Å². The summed E-state index contributed by atoms with van der Waals surface area (Å²) in [6, 6.07) is 7.99. The lowest BCUT2D eigenvalue weighted by molar-refractivity contribution is -0.148. The molecule has 0 aliphatic carbocycles. The van der Waals surface area contributed by atoms with Crippen LogP contribution < -0.4 is 5.32 Å². The van der Waals surface area contributed by atoms with E-state index >= 15 is 0 Å². The Morgan fingerprint density at radius 3 is 2.62 bits per heavy atom. The van der Waals surface area contributed by atoms with E-state index in [0.29, 0.717) is 6.42 Å². The standard InChI is InChI=1S/C14H18BrNO4S/c1-20-12(14(18)19)9-16-13(17)3-2-8-21-11-6-4-10(15)5-7-11/h4-7,12H,2-3,8-9H2,1H3,(H,16,17)(H,18,19). The molecule has 1 amide bonds. The fourth-order valence-corrected chi connectivity index (χ4v) is 2.64. The van der Waals surface area contributed by atoms with E-state index in [1.54, 1.807) is 11.8 Å². The zero-order chi connectivity index (χ0) is 15.7. The van der Waals surface area contributed by atoms with Crippen LogP contribution in [0.3, 0.4) is 0 Å². The Morgan fingerprint density at radius 1 is 1.38 bits per heavy atom. The fourth-order valence-electron chi connectivity index (χ4n) is 1.52. The molecule has 5 nitrogen and oxygen atoms in total. The smallest absolute Gasteiger partial charge is 0.334 e. The molecule has 1 aromatic rings. The van der Waals surface area contributed by atoms with Crippen LogP contribution in [0.1, 0.15) is 12.8 Å². The molecule has 116 valence electrons. The molecule has 0 aliphatic heterocycles. The second-order valence-corrected chi connectivity index (χ2v) is 6.36. The quantitative estimate of drug-likeness (QED) is 0.512. The first-order valence-corrected chi connectivity index (χ1v) is 8.21. The van der Waals surface area contributed by atoms with Crippen molar-refractivity contribution in [1.29, 1.82) is 0 Å². The van der Waals surface area contributed by atoms with E-state index in [1.807, 2.05) is 24.3 Å². The Hall–Kier alpha value is -1.05. The summed E-state index contributed by atoms with van der Waals surface area (Å²) in [5, 5.41) is 11.3. The highest BCUT2D eigenvalue weighted by molar-refractivity contribution is 9.10. The minimum atomic E-state index is -1.08. The van der Waals surface area contributed by atoms with Crippen LogP contribution in [0.25, 0.3) is 0 Å². The van der Waals surface area contributed by atoms with Crippen LogP contribution in [0.2, 0.25) is 0 Å². The maximum atomic E-state index is 11.6. The van der Waals surface area contributed by atoms with Gasteiger partial charge in [-0.15, -0.1) is 11.8 Å². The number of carbonyl (C=O) groups is 2. The normalized spacial score (nSPS) is 11.9. The van der Waals surface area contributed by atoms with Crippen molar-refractivity contribution in [2.45, 2.75) is 23.8 Å². The SMILES string of the molecule is COC(CNC(=O)CCCSc1ccc(Br)cc1)C(=O)O. The molecule has 1 atom stereocenters. The zero-order valence-electron chi connectivity index (χ0n) is 11.7. The number of methoxy groups -OCH3 is 1. The summed E-state index contributed by atoms with van der Waals surface area (Å²) in [6.07, 6.45) is 0.114. The molecule has 1 rings (SSSR count). The average molecular weight is 376 g/mol. The molecule has 0 saturated heterocycles. The van der Waals surface area contributed by atoms with Crippen LogP contribution in [0.5, 0.6) is 0 Å². The summed E-state index contributed by atoms with van der Waals surface area (Å²) < 4.78 is 5.77. The lowest BCUT2D eigenvalue weighted by Crippen LogP contribution is -2.37. The Bertz CT molecular complexity index is 467. The Balaban J connectivity index is 2.16. The zero-order valence-corrected chi connectivity index (χ0v) is 14.1. The molecule has 0 fully saturated rings. The van der Waals surface area contributed by atoms with E-state index < -0.39 is 12.1 Å². The van der Waals surface area contributed by atoms with E-state index in [0.717, 1.165) is 21.5 Å². The van der Waals surface area contributed by atoms with Crippen LogP contribution in [-0.2, 0) is 14.3 Å². The van der Waals surface area contributed by atoms with Crippen molar-refractivity contribution < 1.29 is 19.4 Å². The molecular weight excluding hydrogens is 358 g/mol. The summed E-state index contributed by atoms with van der Waals surface area (Å²) >= 11 is 5.06. The topological polar surface area (TPSA) is 75.6 Å². The molecule has 0 aliphatic rings. The number of halogens is 1. The monoisotopic (exact) mass is 375 g/mol. The number of aliphatic carboxylic acids is 1. The predicted octanol–water partition coefficient (Wildman–Crippen LogP) is 2.54. The maximum Gasteiger partial charge on any atom is 0.334 e. The Labute approximate surface area is 136 Å². The summed E-state index contributed by atoms with van der Waals surface area (Å²) in [5.41, 5.74) is 0. The van der Waals surface area contributed by atoms with Gasteiger partial charge in [0.2, 0.25) is 5.91 Å². The molecule has 0 bridgehead atoms. The number of carboxylic acid groups (broad SMARTS) is 1. The van der Waals surface area contributed by atoms with Crippen molar-refractivity contribution in [2.75, 3.05) is 19.4 Å². The van der Waals surface area contributed by atoms with Gasteiger partial charge in [0.15, 0.2) is 6.10 Å². The molecule has 1 unspecified atom stereocenters. The predicted molar refractivity (Wildman–Crippen MR) is 85.5 cm³/mol. The number of carbonyl (C=O) groups excluding carboxylic acids is 1. The molecule has 7 heteroatoms. The largest absolute Gasteiger partial charge is 0.479 e. The number of carboxylic acids is 1. The van der Waals surface area contributed by atoms with Crippen molar-refractivity contribution in [3.63, 3.8) is 0 Å². The molecule has 0 heterocycles. The molecule has 0 aromatic heterocycles. The number of ether oxygens (including phenoxy) is 1. The number of nitrogens with one attached hydrogen (secondary N) is 1. The van der Waals surface area contributed by atoms with Gasteiger partial charge in [-0.2, -0.15) is 0 Å². The minimum absolute atomic E-state index is 0.00940. The first-order chi connectivity index (χ1) is 10.0. The maximum absolute atomic E-state index is 11.6. The third-order valence-electron chi connectivity index (χ3n) is 2.68. The van der Waals surface area contributed by atoms with Gasteiger partial charge in [0.25, 0.3) is 0 Å². The lowest BCUT2D eigenvalue weighted by Gasteiger charge is -2.11. The highest BCUT2D eigenvalue weighted by atomic mass is 79.9. The average Bonchev–Trinajstić information content (AvgIpc) is 2.45. The lowest BCUT2D eigenvalue weighted by atomic mass is 10.3. The fraction of sp³-hybridized carbons (Fsp3) is 0.429. The third-order valence-corrected chi connectivity index (χ3v) is 4.30. The van der Waals surface area contributed by atoms with Crippen LogP contribution in [0, 0.1) is 0 Å². The van der Waals surface area contributed by atoms with Gasteiger partial charge in [-0.25, -0.2) is 4.79 Å². The summed E-state index contributed by atoms with van der Waals surface area (Å²) in [6.45, 7) is -0.00940. The number of hydrogen-bond acceptors (Lipinski definition) is 4. The number of hydrogen-bond donors (Lipinski definition) is 2. The number of benzene rings is 1. The van der Waals surface area contributed by atoms with Gasteiger partial charge in [0, 0.05) is 22.9 Å².